The Kier molecular flexibility index (Phi) is 8.22. The second-order valence-corrected chi connectivity index (χ2v) is 9.43. The van der Waals surface area contributed by atoms with Gasteiger partial charge in [-0.15, -0.1) is 0 Å². The van der Waals surface area contributed by atoms with Crippen molar-refractivity contribution < 1.29 is 31.1 Å². The summed E-state index contributed by atoms with van der Waals surface area (Å²) in [5, 5.41) is 0. The number of esters is 1. The summed E-state index contributed by atoms with van der Waals surface area (Å²) < 4.78 is 75.3. The van der Waals surface area contributed by atoms with Crippen molar-refractivity contribution >= 4 is 16.0 Å². The molecule has 0 saturated heterocycles. The number of carbonyl (C=O) groups excluding carboxylic acids is 1. The molecule has 36 heavy (non-hydrogen) atoms. The molecule has 3 aromatic carbocycles. The van der Waals surface area contributed by atoms with E-state index in [2.05, 4.69) is 16.6 Å². The quantitative estimate of drug-likeness (QED) is 0.252. The van der Waals surface area contributed by atoms with Crippen molar-refractivity contribution in [3.05, 3.63) is 113 Å². The van der Waals surface area contributed by atoms with E-state index in [1.165, 1.54) is 36.4 Å². The minimum Gasteiger partial charge on any atom is -0.466 e. The molecule has 0 spiro atoms. The van der Waals surface area contributed by atoms with Gasteiger partial charge in [0.1, 0.15) is 11.7 Å². The molecule has 0 heterocycles. The summed E-state index contributed by atoms with van der Waals surface area (Å²) in [5.74, 6) is 4.08. The van der Waals surface area contributed by atoms with E-state index in [9.17, 15) is 26.4 Å². The van der Waals surface area contributed by atoms with Gasteiger partial charge in [-0.25, -0.2) is 17.5 Å². The maximum absolute atomic E-state index is 14.4. The smallest absolute Gasteiger partial charge is 0.432 e. The molecule has 0 saturated carbocycles. The molecule has 0 aliphatic rings. The van der Waals surface area contributed by atoms with Gasteiger partial charge in [0.05, 0.1) is 18.1 Å². The van der Waals surface area contributed by atoms with Gasteiger partial charge < -0.3 is 4.74 Å². The van der Waals surface area contributed by atoms with E-state index in [0.717, 1.165) is 7.11 Å². The molecule has 0 bridgehead atoms. The van der Waals surface area contributed by atoms with E-state index in [1.54, 1.807) is 55.5 Å². The zero-order chi connectivity index (χ0) is 26.3. The summed E-state index contributed by atoms with van der Waals surface area (Å²) in [7, 11) is -3.97. The lowest BCUT2D eigenvalue weighted by molar-refractivity contribution is -0.136. The van der Waals surface area contributed by atoms with Crippen LogP contribution >= 0.6 is 0 Å². The zero-order valence-electron chi connectivity index (χ0n) is 19.4. The van der Waals surface area contributed by atoms with Crippen LogP contribution in [-0.2, 0) is 19.6 Å². The fourth-order valence-electron chi connectivity index (χ4n) is 3.26. The molecule has 0 fully saturated rings. The van der Waals surface area contributed by atoms with Crippen molar-refractivity contribution in [2.24, 2.45) is 0 Å². The van der Waals surface area contributed by atoms with Gasteiger partial charge in [0.15, 0.2) is 0 Å². The van der Waals surface area contributed by atoms with Gasteiger partial charge in [-0.05, 0) is 36.8 Å². The molecule has 3 aromatic rings. The topological polar surface area (TPSA) is 63.7 Å². The highest BCUT2D eigenvalue weighted by molar-refractivity contribution is 7.89. The number of hydrogen-bond donors (Lipinski definition) is 0. The summed E-state index contributed by atoms with van der Waals surface area (Å²) in [6.45, 7) is 1.71. The number of ether oxygens (including phenoxy) is 1. The SMILES string of the molecule is COC(=O)/C=C(/N(C(C#Cc1ccccc1)c1ccccc1)S(=O)(=O)c1ccc(C)cc1)C(F)(F)F. The molecule has 1 unspecified atom stereocenters. The predicted octanol–water partition coefficient (Wildman–Crippen LogP) is 5.40. The third kappa shape index (κ3) is 6.34. The number of carbonyl (C=O) groups is 1. The Morgan fingerprint density at radius 1 is 0.944 bits per heavy atom. The number of halogens is 3. The molecule has 0 N–H and O–H groups in total. The van der Waals surface area contributed by atoms with Crippen LogP contribution in [0.2, 0.25) is 0 Å². The molecule has 0 amide bonds. The first kappa shape index (κ1) is 26.6. The molecule has 0 aliphatic heterocycles. The number of rotatable bonds is 6. The van der Waals surface area contributed by atoms with Crippen molar-refractivity contribution in [2.75, 3.05) is 7.11 Å². The molecular weight excluding hydrogens is 491 g/mol. The molecule has 3 rings (SSSR count). The van der Waals surface area contributed by atoms with Crippen LogP contribution in [0.5, 0.6) is 0 Å². The standard InChI is InChI=1S/C27H22F3NO4S/c1-20-13-16-23(17-14-20)36(33,34)31(25(27(28,29)30)19-26(32)35-2)24(22-11-7-4-8-12-22)18-15-21-9-5-3-6-10-21/h3-14,16-17,19,24H,1-2H3/b25-19+. The molecule has 5 nitrogen and oxygen atoms in total. The Morgan fingerprint density at radius 2 is 1.50 bits per heavy atom. The molecular formula is C27H22F3NO4S. The van der Waals surface area contributed by atoms with E-state index in [0.29, 0.717) is 11.1 Å². The van der Waals surface area contributed by atoms with E-state index >= 15 is 0 Å². The van der Waals surface area contributed by atoms with Crippen LogP contribution in [0, 0.1) is 18.8 Å². The lowest BCUT2D eigenvalue weighted by atomic mass is 10.1. The number of aryl methyl sites for hydroxylation is 1. The Morgan fingerprint density at radius 3 is 2.03 bits per heavy atom. The highest BCUT2D eigenvalue weighted by atomic mass is 32.2. The van der Waals surface area contributed by atoms with E-state index in [4.69, 9.17) is 0 Å². The summed E-state index contributed by atoms with van der Waals surface area (Å²) in [4.78, 5) is 11.6. The number of nitrogens with zero attached hydrogens (tertiary/aromatic N) is 1. The average molecular weight is 514 g/mol. The van der Waals surface area contributed by atoms with Crippen LogP contribution in [0.25, 0.3) is 0 Å². The fourth-order valence-corrected chi connectivity index (χ4v) is 4.83. The highest BCUT2D eigenvalue weighted by Crippen LogP contribution is 2.39. The summed E-state index contributed by atoms with van der Waals surface area (Å²) in [6, 6.07) is 19.8. The lowest BCUT2D eigenvalue weighted by Crippen LogP contribution is -2.40. The van der Waals surface area contributed by atoms with Gasteiger partial charge in [0.2, 0.25) is 0 Å². The summed E-state index contributed by atoms with van der Waals surface area (Å²) >= 11 is 0. The Labute approximate surface area is 207 Å². The number of hydrogen-bond acceptors (Lipinski definition) is 4. The molecule has 0 radical (unpaired) electrons. The molecule has 0 aromatic heterocycles. The van der Waals surface area contributed by atoms with Crippen LogP contribution < -0.4 is 0 Å². The van der Waals surface area contributed by atoms with Crippen molar-refractivity contribution in [1.82, 2.24) is 4.31 Å². The Hall–Kier alpha value is -4.03. The van der Waals surface area contributed by atoms with Crippen LogP contribution in [-0.4, -0.2) is 32.0 Å². The number of benzene rings is 3. The van der Waals surface area contributed by atoms with Gasteiger partial charge >= 0.3 is 12.1 Å². The van der Waals surface area contributed by atoms with E-state index in [-0.39, 0.29) is 15.9 Å². The number of allylic oxidation sites excluding steroid dienone is 1. The Balaban J connectivity index is 2.36. The first-order valence-electron chi connectivity index (χ1n) is 10.6. The highest BCUT2D eigenvalue weighted by Gasteiger charge is 2.46. The van der Waals surface area contributed by atoms with Gasteiger partial charge in [-0.2, -0.15) is 13.2 Å². The molecule has 186 valence electrons. The van der Waals surface area contributed by atoms with Gasteiger partial charge in [-0.3, -0.25) is 0 Å². The third-order valence-electron chi connectivity index (χ3n) is 5.04. The molecule has 1 atom stereocenters. The van der Waals surface area contributed by atoms with Crippen molar-refractivity contribution in [1.29, 1.82) is 0 Å². The second-order valence-electron chi connectivity index (χ2n) is 7.61. The predicted molar refractivity (Wildman–Crippen MR) is 129 cm³/mol. The Bertz CT molecular complexity index is 1390. The fraction of sp³-hybridized carbons (Fsp3) is 0.148. The maximum atomic E-state index is 14.4. The van der Waals surface area contributed by atoms with Crippen LogP contribution in [0.1, 0.15) is 22.7 Å². The minimum atomic E-state index is -5.24. The minimum absolute atomic E-state index is 0.117. The van der Waals surface area contributed by atoms with E-state index < -0.39 is 38.8 Å². The van der Waals surface area contributed by atoms with Crippen LogP contribution in [0.3, 0.4) is 0 Å². The summed E-state index contributed by atoms with van der Waals surface area (Å²) in [5.41, 5.74) is -0.371. The first-order chi connectivity index (χ1) is 17.0. The largest absolute Gasteiger partial charge is 0.466 e. The van der Waals surface area contributed by atoms with Crippen LogP contribution in [0.15, 0.2) is 102 Å². The summed E-state index contributed by atoms with van der Waals surface area (Å²) in [6.07, 6.45) is -5.13. The van der Waals surface area contributed by atoms with E-state index in [1.807, 2.05) is 0 Å². The average Bonchev–Trinajstić information content (AvgIpc) is 2.86. The number of methoxy groups -OCH3 is 1. The third-order valence-corrected chi connectivity index (χ3v) is 6.83. The van der Waals surface area contributed by atoms with Crippen molar-refractivity contribution in [2.45, 2.75) is 24.0 Å². The lowest BCUT2D eigenvalue weighted by Gasteiger charge is -2.32. The first-order valence-corrected chi connectivity index (χ1v) is 12.1. The van der Waals surface area contributed by atoms with Gasteiger partial charge in [0, 0.05) is 5.56 Å². The van der Waals surface area contributed by atoms with Crippen LogP contribution in [0.4, 0.5) is 13.2 Å². The number of alkyl halides is 3. The molecule has 0 aliphatic carbocycles. The van der Waals surface area contributed by atoms with Crippen molar-refractivity contribution in [3.8, 4) is 11.8 Å². The second kappa shape index (κ2) is 11.1. The normalized spacial score (nSPS) is 12.8. The monoisotopic (exact) mass is 513 g/mol. The van der Waals surface area contributed by atoms with Gasteiger partial charge in [0.25, 0.3) is 10.0 Å². The van der Waals surface area contributed by atoms with Gasteiger partial charge in [-0.1, -0.05) is 78.1 Å². The van der Waals surface area contributed by atoms with Crippen molar-refractivity contribution in [3.63, 3.8) is 0 Å². The maximum Gasteiger partial charge on any atom is 0.432 e. The molecule has 9 heteroatoms. The zero-order valence-corrected chi connectivity index (χ0v) is 20.2. The number of sulfonamides is 1.